The van der Waals surface area contributed by atoms with Gasteiger partial charge in [-0.1, -0.05) is 0 Å². The van der Waals surface area contributed by atoms with Gasteiger partial charge in [0.05, 0.1) is 6.04 Å². The first kappa shape index (κ1) is 15.1. The van der Waals surface area contributed by atoms with Crippen molar-refractivity contribution in [1.82, 2.24) is 24.8 Å². The fraction of sp³-hybridized carbons (Fsp3) is 0.294. The van der Waals surface area contributed by atoms with Gasteiger partial charge in [-0.25, -0.2) is 4.39 Å². The van der Waals surface area contributed by atoms with Crippen LogP contribution in [0.1, 0.15) is 5.82 Å². The van der Waals surface area contributed by atoms with Gasteiger partial charge in [0.25, 0.3) is 6.01 Å². The first-order chi connectivity index (χ1) is 12.6. The van der Waals surface area contributed by atoms with E-state index in [0.29, 0.717) is 17.1 Å². The number of nitrogens with zero attached hydrogens (tertiary/aromatic N) is 7. The van der Waals surface area contributed by atoms with Crippen LogP contribution in [0.3, 0.4) is 0 Å². The number of fused-ring (bicyclic) bond motifs is 2. The number of aromatic nitrogens is 5. The van der Waals surface area contributed by atoms with E-state index in [0.717, 1.165) is 30.4 Å². The van der Waals surface area contributed by atoms with E-state index in [1.165, 1.54) is 12.1 Å². The Labute approximate surface area is 147 Å². The summed E-state index contributed by atoms with van der Waals surface area (Å²) in [4.78, 5) is 8.54. The second-order valence-corrected chi connectivity index (χ2v) is 6.49. The Kier molecular flexibility index (Phi) is 3.12. The lowest BCUT2D eigenvalue weighted by Crippen LogP contribution is -2.59. The summed E-state index contributed by atoms with van der Waals surface area (Å²) < 4.78 is 20.8. The highest BCUT2D eigenvalue weighted by molar-refractivity contribution is 5.74. The minimum atomic E-state index is -0.319. The standard InChI is InChI=1S/C17H16FN7O/c1-10-20-21-15-5-6-16(22-25(10)15)24-8-12(9-24)23(2)17-19-13-7-11(18)3-4-14(13)26-17/h3-7,12H,8-9H2,1-2H3. The van der Waals surface area contributed by atoms with Crippen LogP contribution in [-0.2, 0) is 0 Å². The van der Waals surface area contributed by atoms with Gasteiger partial charge in [0.2, 0.25) is 0 Å². The molecule has 0 aliphatic carbocycles. The Morgan fingerprint density at radius 2 is 2.04 bits per heavy atom. The summed E-state index contributed by atoms with van der Waals surface area (Å²) in [6.45, 7) is 3.46. The molecule has 0 radical (unpaired) electrons. The number of aryl methyl sites for hydroxylation is 1. The number of benzene rings is 1. The van der Waals surface area contributed by atoms with Gasteiger partial charge < -0.3 is 14.2 Å². The Hall–Kier alpha value is -3.23. The lowest BCUT2D eigenvalue weighted by atomic mass is 10.1. The zero-order valence-electron chi connectivity index (χ0n) is 14.3. The molecule has 0 N–H and O–H groups in total. The molecule has 1 aliphatic rings. The third-order valence-corrected chi connectivity index (χ3v) is 4.78. The minimum absolute atomic E-state index is 0.243. The highest BCUT2D eigenvalue weighted by atomic mass is 19.1. The predicted octanol–water partition coefficient (Wildman–Crippen LogP) is 2.04. The van der Waals surface area contributed by atoms with Crippen molar-refractivity contribution in [2.45, 2.75) is 13.0 Å². The molecule has 0 atom stereocenters. The van der Waals surface area contributed by atoms with E-state index in [2.05, 4.69) is 25.2 Å². The van der Waals surface area contributed by atoms with E-state index in [1.807, 2.05) is 31.0 Å². The second kappa shape index (κ2) is 5.38. The Balaban J connectivity index is 1.33. The zero-order valence-corrected chi connectivity index (χ0v) is 14.3. The smallest absolute Gasteiger partial charge is 0.298 e. The van der Waals surface area contributed by atoms with E-state index in [4.69, 9.17) is 4.42 Å². The fourth-order valence-corrected chi connectivity index (χ4v) is 3.14. The molecule has 5 rings (SSSR count). The maximum Gasteiger partial charge on any atom is 0.298 e. The van der Waals surface area contributed by atoms with Gasteiger partial charge in [0, 0.05) is 26.2 Å². The number of hydrogen-bond acceptors (Lipinski definition) is 7. The van der Waals surface area contributed by atoms with Crippen LogP contribution in [0.5, 0.6) is 0 Å². The van der Waals surface area contributed by atoms with Gasteiger partial charge >= 0.3 is 0 Å². The van der Waals surface area contributed by atoms with Crippen molar-refractivity contribution in [3.05, 3.63) is 42.0 Å². The van der Waals surface area contributed by atoms with Gasteiger partial charge in [-0.15, -0.1) is 15.3 Å². The van der Waals surface area contributed by atoms with Crippen molar-refractivity contribution in [2.24, 2.45) is 0 Å². The third-order valence-electron chi connectivity index (χ3n) is 4.78. The number of halogens is 1. The van der Waals surface area contributed by atoms with Crippen molar-refractivity contribution < 1.29 is 8.81 Å². The Morgan fingerprint density at radius 1 is 1.19 bits per heavy atom. The molecule has 1 aromatic carbocycles. The average molecular weight is 353 g/mol. The summed E-state index contributed by atoms with van der Waals surface area (Å²) in [5.74, 6) is 1.32. The van der Waals surface area contributed by atoms with E-state index < -0.39 is 0 Å². The summed E-state index contributed by atoms with van der Waals surface area (Å²) in [7, 11) is 1.93. The van der Waals surface area contributed by atoms with Crippen LogP contribution in [0, 0.1) is 12.7 Å². The predicted molar refractivity (Wildman–Crippen MR) is 93.9 cm³/mol. The molecule has 3 aromatic heterocycles. The van der Waals surface area contributed by atoms with Crippen molar-refractivity contribution in [3.8, 4) is 0 Å². The van der Waals surface area contributed by atoms with Crippen molar-refractivity contribution >= 4 is 28.6 Å². The van der Waals surface area contributed by atoms with Crippen LogP contribution in [0.2, 0.25) is 0 Å². The van der Waals surface area contributed by atoms with E-state index in [-0.39, 0.29) is 11.9 Å². The third kappa shape index (κ3) is 2.27. The number of anilines is 2. The monoisotopic (exact) mass is 353 g/mol. The number of rotatable bonds is 3. The first-order valence-electron chi connectivity index (χ1n) is 8.31. The molecule has 0 spiro atoms. The molecular weight excluding hydrogens is 337 g/mol. The summed E-state index contributed by atoms with van der Waals surface area (Å²) >= 11 is 0. The maximum atomic E-state index is 13.3. The molecule has 0 unspecified atom stereocenters. The molecule has 132 valence electrons. The average Bonchev–Trinajstić information content (AvgIpc) is 3.17. The molecule has 0 bridgehead atoms. The van der Waals surface area contributed by atoms with Crippen LogP contribution < -0.4 is 9.80 Å². The van der Waals surface area contributed by atoms with Gasteiger partial charge in [-0.3, -0.25) is 0 Å². The molecule has 8 nitrogen and oxygen atoms in total. The summed E-state index contributed by atoms with van der Waals surface area (Å²) in [6.07, 6.45) is 0. The number of likely N-dealkylation sites (N-methyl/N-ethyl adjacent to an activating group) is 1. The number of hydrogen-bond donors (Lipinski definition) is 0. The Morgan fingerprint density at radius 3 is 2.88 bits per heavy atom. The quantitative estimate of drug-likeness (QED) is 0.558. The molecule has 4 heterocycles. The van der Waals surface area contributed by atoms with Gasteiger partial charge in [-0.2, -0.15) is 9.50 Å². The first-order valence-corrected chi connectivity index (χ1v) is 8.31. The van der Waals surface area contributed by atoms with Crippen LogP contribution in [-0.4, -0.2) is 51.0 Å². The van der Waals surface area contributed by atoms with Crippen LogP contribution in [0.4, 0.5) is 16.2 Å². The molecule has 1 fully saturated rings. The van der Waals surface area contributed by atoms with Crippen LogP contribution >= 0.6 is 0 Å². The molecule has 4 aromatic rings. The van der Waals surface area contributed by atoms with E-state index >= 15 is 0 Å². The van der Waals surface area contributed by atoms with Crippen LogP contribution in [0.25, 0.3) is 16.7 Å². The SMILES string of the molecule is Cc1nnc2ccc(N3CC(N(C)c4nc5cc(F)ccc5o4)C3)nn12. The fourth-order valence-electron chi connectivity index (χ4n) is 3.14. The van der Waals surface area contributed by atoms with Crippen molar-refractivity contribution in [3.63, 3.8) is 0 Å². The highest BCUT2D eigenvalue weighted by Gasteiger charge is 2.33. The van der Waals surface area contributed by atoms with E-state index in [9.17, 15) is 4.39 Å². The molecule has 0 saturated carbocycles. The maximum absolute atomic E-state index is 13.3. The van der Waals surface area contributed by atoms with Gasteiger partial charge in [0.1, 0.15) is 17.2 Å². The normalized spacial score (nSPS) is 15.0. The topological polar surface area (TPSA) is 75.6 Å². The molecular formula is C17H16FN7O. The summed E-state index contributed by atoms with van der Waals surface area (Å²) in [5.41, 5.74) is 1.84. The zero-order chi connectivity index (χ0) is 17.8. The van der Waals surface area contributed by atoms with E-state index in [1.54, 1.807) is 10.6 Å². The van der Waals surface area contributed by atoms with Crippen molar-refractivity contribution in [2.75, 3.05) is 29.9 Å². The molecule has 9 heteroatoms. The highest BCUT2D eigenvalue weighted by Crippen LogP contribution is 2.27. The van der Waals surface area contributed by atoms with Gasteiger partial charge in [-0.05, 0) is 31.2 Å². The van der Waals surface area contributed by atoms with Crippen molar-refractivity contribution in [1.29, 1.82) is 0 Å². The van der Waals surface area contributed by atoms with Crippen LogP contribution in [0.15, 0.2) is 34.7 Å². The molecule has 1 aliphatic heterocycles. The largest absolute Gasteiger partial charge is 0.423 e. The summed E-state index contributed by atoms with van der Waals surface area (Å²) in [6, 6.07) is 8.95. The summed E-state index contributed by atoms with van der Waals surface area (Å²) in [5, 5.41) is 12.7. The molecule has 26 heavy (non-hydrogen) atoms. The second-order valence-electron chi connectivity index (χ2n) is 6.49. The molecule has 0 amide bonds. The Bertz CT molecular complexity index is 1110. The molecule has 1 saturated heterocycles. The number of oxazole rings is 1. The minimum Gasteiger partial charge on any atom is -0.423 e. The lowest BCUT2D eigenvalue weighted by molar-refractivity contribution is 0.456. The lowest BCUT2D eigenvalue weighted by Gasteiger charge is -2.43. The van der Waals surface area contributed by atoms with Gasteiger partial charge in [0.15, 0.2) is 17.1 Å².